The average Bonchev–Trinajstić information content (AvgIpc) is 1.83. The zero-order chi connectivity index (χ0) is 7.28. The van der Waals surface area contributed by atoms with Gasteiger partial charge in [-0.3, -0.25) is 5.41 Å². The number of rotatable bonds is 4. The Kier molecular flexibility index (Phi) is 4.05. The number of aliphatic hydroxyl groups excluding tert-OH is 1. The van der Waals surface area contributed by atoms with Crippen molar-refractivity contribution in [3.63, 3.8) is 0 Å². The highest BCUT2D eigenvalue weighted by Gasteiger charge is 1.99. The van der Waals surface area contributed by atoms with Gasteiger partial charge >= 0.3 is 0 Å². The molecule has 54 valence electrons. The van der Waals surface area contributed by atoms with Crippen molar-refractivity contribution >= 4 is 5.84 Å². The number of amidine groups is 1. The topological polar surface area (TPSA) is 70.1 Å². The van der Waals surface area contributed by atoms with Crippen molar-refractivity contribution in [2.75, 3.05) is 0 Å². The van der Waals surface area contributed by atoms with Crippen LogP contribution in [0.15, 0.2) is 0 Å². The first-order valence-electron chi connectivity index (χ1n) is 3.17. The predicted molar refractivity (Wildman–Crippen MR) is 37.4 cm³/mol. The van der Waals surface area contributed by atoms with E-state index in [1.807, 2.05) is 6.92 Å². The fourth-order valence-electron chi connectivity index (χ4n) is 0.526. The van der Waals surface area contributed by atoms with Crippen LogP contribution in [0, 0.1) is 5.41 Å². The van der Waals surface area contributed by atoms with E-state index < -0.39 is 0 Å². The van der Waals surface area contributed by atoms with E-state index in [9.17, 15) is 0 Å². The molecule has 0 rings (SSSR count). The quantitative estimate of drug-likeness (QED) is 0.382. The van der Waals surface area contributed by atoms with Gasteiger partial charge in [0, 0.05) is 6.42 Å². The van der Waals surface area contributed by atoms with Gasteiger partial charge in [-0.15, -0.1) is 0 Å². The van der Waals surface area contributed by atoms with Crippen LogP contribution in [0.5, 0.6) is 0 Å². The Morgan fingerprint density at radius 2 is 2.33 bits per heavy atom. The highest BCUT2D eigenvalue weighted by Crippen LogP contribution is 1.99. The Balaban J connectivity index is 3.16. The summed E-state index contributed by atoms with van der Waals surface area (Å²) >= 11 is 0. The third-order valence-electron chi connectivity index (χ3n) is 1.22. The lowest BCUT2D eigenvalue weighted by molar-refractivity contribution is 0.162. The lowest BCUT2D eigenvalue weighted by Crippen LogP contribution is -2.13. The summed E-state index contributed by atoms with van der Waals surface area (Å²) in [5.74, 6) is 0.155. The van der Waals surface area contributed by atoms with Crippen molar-refractivity contribution in [2.24, 2.45) is 5.73 Å². The zero-order valence-electron chi connectivity index (χ0n) is 5.72. The van der Waals surface area contributed by atoms with Gasteiger partial charge in [-0.05, 0) is 12.8 Å². The Bertz CT molecular complexity index is 93.1. The van der Waals surface area contributed by atoms with Gasteiger partial charge in [0.25, 0.3) is 0 Å². The normalized spacial score (nSPS) is 13.1. The van der Waals surface area contributed by atoms with E-state index in [0.29, 0.717) is 12.8 Å². The number of nitrogens with one attached hydrogen (secondary N) is 1. The molecule has 3 heteroatoms. The van der Waals surface area contributed by atoms with Gasteiger partial charge in [0.1, 0.15) is 0 Å². The number of hydrogen-bond acceptors (Lipinski definition) is 2. The first kappa shape index (κ1) is 8.43. The SMILES string of the molecule is CCC(O)CCC(=N)N. The van der Waals surface area contributed by atoms with Crippen LogP contribution >= 0.6 is 0 Å². The smallest absolute Gasteiger partial charge is 0.0906 e. The van der Waals surface area contributed by atoms with Crippen molar-refractivity contribution in [1.82, 2.24) is 0 Å². The molecule has 0 spiro atoms. The second kappa shape index (κ2) is 4.32. The second-order valence-electron chi connectivity index (χ2n) is 2.13. The van der Waals surface area contributed by atoms with E-state index in [1.165, 1.54) is 0 Å². The van der Waals surface area contributed by atoms with E-state index in [4.69, 9.17) is 16.2 Å². The number of hydrogen-bond donors (Lipinski definition) is 3. The molecule has 0 heterocycles. The van der Waals surface area contributed by atoms with Crippen molar-refractivity contribution in [1.29, 1.82) is 5.41 Å². The lowest BCUT2D eigenvalue weighted by atomic mass is 10.1. The highest BCUT2D eigenvalue weighted by atomic mass is 16.3. The molecular weight excluding hydrogens is 116 g/mol. The fraction of sp³-hybridized carbons (Fsp3) is 0.833. The number of aliphatic hydroxyl groups is 1. The van der Waals surface area contributed by atoms with Crippen molar-refractivity contribution < 1.29 is 5.11 Å². The van der Waals surface area contributed by atoms with Crippen molar-refractivity contribution in [3.05, 3.63) is 0 Å². The summed E-state index contributed by atoms with van der Waals surface area (Å²) < 4.78 is 0. The molecule has 0 aromatic carbocycles. The van der Waals surface area contributed by atoms with Crippen molar-refractivity contribution in [2.45, 2.75) is 32.3 Å². The molecular formula is C6H14N2O. The van der Waals surface area contributed by atoms with Crippen LogP contribution in [-0.2, 0) is 0 Å². The number of nitrogens with two attached hydrogens (primary N) is 1. The summed E-state index contributed by atoms with van der Waals surface area (Å²) in [6.07, 6.45) is 1.59. The summed E-state index contributed by atoms with van der Waals surface area (Å²) in [4.78, 5) is 0. The maximum Gasteiger partial charge on any atom is 0.0906 e. The molecule has 0 bridgehead atoms. The standard InChI is InChI=1S/C6H14N2O/c1-2-5(9)3-4-6(7)8/h5,9H,2-4H2,1H3,(H3,7,8). The minimum absolute atomic E-state index is 0.155. The van der Waals surface area contributed by atoms with Gasteiger partial charge in [-0.25, -0.2) is 0 Å². The van der Waals surface area contributed by atoms with E-state index >= 15 is 0 Å². The zero-order valence-corrected chi connectivity index (χ0v) is 5.72. The molecule has 9 heavy (non-hydrogen) atoms. The minimum Gasteiger partial charge on any atom is -0.393 e. The van der Waals surface area contributed by atoms with Crippen LogP contribution in [0.4, 0.5) is 0 Å². The Labute approximate surface area is 55.4 Å². The van der Waals surface area contributed by atoms with Gasteiger partial charge in [0.2, 0.25) is 0 Å². The largest absolute Gasteiger partial charge is 0.393 e. The molecule has 0 aromatic heterocycles. The lowest BCUT2D eigenvalue weighted by Gasteiger charge is -2.04. The molecule has 1 atom stereocenters. The monoisotopic (exact) mass is 130 g/mol. The minimum atomic E-state index is -0.283. The Hall–Kier alpha value is -0.570. The molecule has 0 aliphatic carbocycles. The highest BCUT2D eigenvalue weighted by molar-refractivity contribution is 5.76. The van der Waals surface area contributed by atoms with Gasteiger partial charge < -0.3 is 10.8 Å². The third-order valence-corrected chi connectivity index (χ3v) is 1.22. The van der Waals surface area contributed by atoms with Crippen LogP contribution in [-0.4, -0.2) is 17.0 Å². The first-order chi connectivity index (χ1) is 4.16. The van der Waals surface area contributed by atoms with Crippen LogP contribution in [0.25, 0.3) is 0 Å². The molecule has 0 radical (unpaired) electrons. The summed E-state index contributed by atoms with van der Waals surface area (Å²) in [7, 11) is 0. The third kappa shape index (κ3) is 5.30. The van der Waals surface area contributed by atoms with Crippen LogP contribution in [0.2, 0.25) is 0 Å². The molecule has 0 aliphatic heterocycles. The summed E-state index contributed by atoms with van der Waals surface area (Å²) in [5.41, 5.74) is 5.07. The Morgan fingerprint density at radius 1 is 1.78 bits per heavy atom. The first-order valence-corrected chi connectivity index (χ1v) is 3.17. The maximum absolute atomic E-state index is 8.95. The molecule has 0 amide bonds. The molecule has 0 fully saturated rings. The van der Waals surface area contributed by atoms with Crippen LogP contribution in [0.1, 0.15) is 26.2 Å². The molecule has 0 aromatic rings. The van der Waals surface area contributed by atoms with Gasteiger partial charge in [0.05, 0.1) is 11.9 Å². The van der Waals surface area contributed by atoms with Crippen LogP contribution < -0.4 is 5.73 Å². The maximum atomic E-state index is 8.95. The predicted octanol–water partition coefficient (Wildman–Crippen LogP) is 0.473. The molecule has 3 nitrogen and oxygen atoms in total. The summed E-state index contributed by atoms with van der Waals surface area (Å²) in [6.45, 7) is 1.91. The molecule has 0 aliphatic rings. The molecule has 0 saturated heterocycles. The van der Waals surface area contributed by atoms with Gasteiger partial charge in [-0.2, -0.15) is 0 Å². The van der Waals surface area contributed by atoms with Crippen LogP contribution in [0.3, 0.4) is 0 Å². The van der Waals surface area contributed by atoms with E-state index in [-0.39, 0.29) is 11.9 Å². The van der Waals surface area contributed by atoms with E-state index in [1.54, 1.807) is 0 Å². The summed E-state index contributed by atoms with van der Waals surface area (Å²) in [6, 6.07) is 0. The van der Waals surface area contributed by atoms with Gasteiger partial charge in [-0.1, -0.05) is 6.92 Å². The van der Waals surface area contributed by atoms with E-state index in [0.717, 1.165) is 6.42 Å². The molecule has 4 N–H and O–H groups in total. The van der Waals surface area contributed by atoms with Crippen molar-refractivity contribution in [3.8, 4) is 0 Å². The molecule has 1 unspecified atom stereocenters. The van der Waals surface area contributed by atoms with Gasteiger partial charge in [0.15, 0.2) is 0 Å². The second-order valence-corrected chi connectivity index (χ2v) is 2.13. The molecule has 0 saturated carbocycles. The Morgan fingerprint density at radius 3 is 2.67 bits per heavy atom. The van der Waals surface area contributed by atoms with E-state index in [2.05, 4.69) is 0 Å². The average molecular weight is 130 g/mol. The fourth-order valence-corrected chi connectivity index (χ4v) is 0.526. The summed E-state index contributed by atoms with van der Waals surface area (Å²) in [5, 5.41) is 15.8.